The van der Waals surface area contributed by atoms with E-state index in [-0.39, 0.29) is 0 Å². The molecule has 2 heterocycles. The lowest BCUT2D eigenvalue weighted by molar-refractivity contribution is 0.617. The highest BCUT2D eigenvalue weighted by Gasteiger charge is 2.12. The zero-order chi connectivity index (χ0) is 13.0. The van der Waals surface area contributed by atoms with Crippen LogP contribution in [0.15, 0.2) is 18.6 Å². The average molecular weight is 266 g/mol. The molecule has 2 aromatic heterocycles. The Morgan fingerprint density at radius 3 is 2.83 bits per heavy atom. The van der Waals surface area contributed by atoms with Crippen molar-refractivity contribution in [1.82, 2.24) is 25.1 Å². The van der Waals surface area contributed by atoms with Crippen LogP contribution < -0.4 is 5.32 Å². The maximum atomic E-state index is 6.26. The minimum Gasteiger partial charge on any atom is -0.305 e. The summed E-state index contributed by atoms with van der Waals surface area (Å²) in [6.07, 6.45) is 4.12. The van der Waals surface area contributed by atoms with Crippen LogP contribution in [0.1, 0.15) is 24.0 Å². The molecule has 0 atom stereocenters. The largest absolute Gasteiger partial charge is 0.305 e. The van der Waals surface area contributed by atoms with Crippen LogP contribution in [-0.2, 0) is 26.6 Å². The van der Waals surface area contributed by atoms with Crippen molar-refractivity contribution < 1.29 is 0 Å². The third-order valence-electron chi connectivity index (χ3n) is 2.74. The molecule has 18 heavy (non-hydrogen) atoms. The van der Waals surface area contributed by atoms with Crippen molar-refractivity contribution in [3.8, 4) is 0 Å². The molecular weight excluding hydrogens is 250 g/mol. The van der Waals surface area contributed by atoms with E-state index in [0.717, 1.165) is 28.5 Å². The van der Waals surface area contributed by atoms with Gasteiger partial charge >= 0.3 is 0 Å². The van der Waals surface area contributed by atoms with Gasteiger partial charge < -0.3 is 5.32 Å². The Morgan fingerprint density at radius 2 is 2.22 bits per heavy atom. The summed E-state index contributed by atoms with van der Waals surface area (Å²) in [4.78, 5) is 8.03. The van der Waals surface area contributed by atoms with Crippen molar-refractivity contribution >= 4 is 11.6 Å². The first kappa shape index (κ1) is 13.0. The summed E-state index contributed by atoms with van der Waals surface area (Å²) < 4.78 is 1.83. The molecule has 2 rings (SSSR count). The molecule has 5 nitrogen and oxygen atoms in total. The standard InChI is InChI=1S/C12H16ClN5/c1-3-10-12(13)11(18(2)17-10)7-15-6-9-4-5-14-8-16-9/h4-5,8,15H,3,6-7H2,1-2H3. The predicted molar refractivity (Wildman–Crippen MR) is 70.2 cm³/mol. The summed E-state index contributed by atoms with van der Waals surface area (Å²) in [5.74, 6) is 0. The first-order valence-electron chi connectivity index (χ1n) is 5.88. The molecular formula is C12H16ClN5. The monoisotopic (exact) mass is 265 g/mol. The van der Waals surface area contributed by atoms with Gasteiger partial charge in [-0.15, -0.1) is 0 Å². The number of halogens is 1. The third kappa shape index (κ3) is 2.86. The van der Waals surface area contributed by atoms with E-state index in [1.807, 2.05) is 24.7 Å². The minimum atomic E-state index is 0.673. The first-order valence-corrected chi connectivity index (χ1v) is 6.26. The van der Waals surface area contributed by atoms with E-state index in [1.54, 1.807) is 12.5 Å². The zero-order valence-corrected chi connectivity index (χ0v) is 11.3. The average Bonchev–Trinajstić information content (AvgIpc) is 2.67. The molecule has 0 aliphatic rings. The second-order valence-electron chi connectivity index (χ2n) is 3.99. The molecule has 2 aromatic rings. The van der Waals surface area contributed by atoms with Gasteiger partial charge in [0.15, 0.2) is 0 Å². The Hall–Kier alpha value is -1.46. The van der Waals surface area contributed by atoms with Gasteiger partial charge in [-0.2, -0.15) is 5.10 Å². The fourth-order valence-corrected chi connectivity index (χ4v) is 2.10. The van der Waals surface area contributed by atoms with E-state index in [1.165, 1.54) is 0 Å². The Labute approximate surface area is 111 Å². The molecule has 0 saturated carbocycles. The van der Waals surface area contributed by atoms with E-state index in [0.29, 0.717) is 13.1 Å². The van der Waals surface area contributed by atoms with Gasteiger partial charge in [-0.25, -0.2) is 9.97 Å². The van der Waals surface area contributed by atoms with Crippen LogP contribution in [-0.4, -0.2) is 19.7 Å². The third-order valence-corrected chi connectivity index (χ3v) is 3.18. The quantitative estimate of drug-likeness (QED) is 0.894. The van der Waals surface area contributed by atoms with Crippen molar-refractivity contribution in [2.45, 2.75) is 26.4 Å². The molecule has 0 radical (unpaired) electrons. The van der Waals surface area contributed by atoms with Crippen LogP contribution >= 0.6 is 11.6 Å². The summed E-state index contributed by atoms with van der Waals surface area (Å²) in [6.45, 7) is 3.41. The second kappa shape index (κ2) is 5.93. The summed E-state index contributed by atoms with van der Waals surface area (Å²) in [7, 11) is 1.91. The van der Waals surface area contributed by atoms with Crippen LogP contribution in [0.2, 0.25) is 5.02 Å². The molecule has 0 aliphatic carbocycles. The van der Waals surface area contributed by atoms with Gasteiger partial charge in [0.25, 0.3) is 0 Å². The highest BCUT2D eigenvalue weighted by atomic mass is 35.5. The number of hydrogen-bond acceptors (Lipinski definition) is 4. The molecule has 96 valence electrons. The Kier molecular flexibility index (Phi) is 4.28. The maximum Gasteiger partial charge on any atom is 0.115 e. The van der Waals surface area contributed by atoms with Crippen LogP contribution in [0.4, 0.5) is 0 Å². The van der Waals surface area contributed by atoms with Gasteiger partial charge in [0.05, 0.1) is 22.1 Å². The smallest absolute Gasteiger partial charge is 0.115 e. The van der Waals surface area contributed by atoms with Crippen molar-refractivity contribution in [2.75, 3.05) is 0 Å². The van der Waals surface area contributed by atoms with Crippen molar-refractivity contribution in [2.24, 2.45) is 7.05 Å². The van der Waals surface area contributed by atoms with Crippen molar-refractivity contribution in [1.29, 1.82) is 0 Å². The molecule has 6 heteroatoms. The molecule has 0 unspecified atom stereocenters. The molecule has 0 bridgehead atoms. The second-order valence-corrected chi connectivity index (χ2v) is 4.37. The van der Waals surface area contributed by atoms with Gasteiger partial charge in [-0.3, -0.25) is 4.68 Å². The topological polar surface area (TPSA) is 55.6 Å². The molecule has 0 aromatic carbocycles. The summed E-state index contributed by atoms with van der Waals surface area (Å²) in [5.41, 5.74) is 2.90. The van der Waals surface area contributed by atoms with Gasteiger partial charge in [-0.05, 0) is 12.5 Å². The van der Waals surface area contributed by atoms with Crippen LogP contribution in [0.5, 0.6) is 0 Å². The fraction of sp³-hybridized carbons (Fsp3) is 0.417. The zero-order valence-electron chi connectivity index (χ0n) is 10.5. The number of nitrogens with one attached hydrogen (secondary N) is 1. The fourth-order valence-electron chi connectivity index (χ4n) is 1.74. The minimum absolute atomic E-state index is 0.673. The van der Waals surface area contributed by atoms with E-state index >= 15 is 0 Å². The lowest BCUT2D eigenvalue weighted by atomic mass is 10.3. The Balaban J connectivity index is 1.96. The number of nitrogens with zero attached hydrogens (tertiary/aromatic N) is 4. The molecule has 0 amide bonds. The first-order chi connectivity index (χ1) is 8.72. The van der Waals surface area contributed by atoms with Gasteiger partial charge in [0, 0.05) is 26.3 Å². The lowest BCUT2D eigenvalue weighted by Crippen LogP contribution is -2.16. The molecule has 0 fully saturated rings. The van der Waals surface area contributed by atoms with Crippen molar-refractivity contribution in [3.63, 3.8) is 0 Å². The molecule has 0 saturated heterocycles. The highest BCUT2D eigenvalue weighted by Crippen LogP contribution is 2.20. The predicted octanol–water partition coefficient (Wildman–Crippen LogP) is 1.72. The van der Waals surface area contributed by atoms with Crippen LogP contribution in [0.3, 0.4) is 0 Å². The van der Waals surface area contributed by atoms with Gasteiger partial charge in [0.1, 0.15) is 6.33 Å². The number of aromatic nitrogens is 4. The Morgan fingerprint density at radius 1 is 1.39 bits per heavy atom. The van der Waals surface area contributed by atoms with Crippen LogP contribution in [0.25, 0.3) is 0 Å². The lowest BCUT2D eigenvalue weighted by Gasteiger charge is -2.05. The molecule has 1 N–H and O–H groups in total. The van der Waals surface area contributed by atoms with E-state index in [9.17, 15) is 0 Å². The Bertz CT molecular complexity index is 509. The normalized spacial score (nSPS) is 10.8. The number of rotatable bonds is 5. The summed E-state index contributed by atoms with van der Waals surface area (Å²) >= 11 is 6.26. The molecule has 0 aliphatic heterocycles. The maximum absolute atomic E-state index is 6.26. The number of aryl methyl sites for hydroxylation is 2. The van der Waals surface area contributed by atoms with Crippen LogP contribution in [0, 0.1) is 0 Å². The van der Waals surface area contributed by atoms with Gasteiger partial charge in [0.2, 0.25) is 0 Å². The summed E-state index contributed by atoms with van der Waals surface area (Å²) in [5, 5.41) is 8.43. The summed E-state index contributed by atoms with van der Waals surface area (Å²) in [6, 6.07) is 1.88. The van der Waals surface area contributed by atoms with E-state index in [4.69, 9.17) is 11.6 Å². The van der Waals surface area contributed by atoms with E-state index in [2.05, 4.69) is 20.4 Å². The molecule has 0 spiro atoms. The highest BCUT2D eigenvalue weighted by molar-refractivity contribution is 6.31. The SMILES string of the molecule is CCc1nn(C)c(CNCc2ccncn2)c1Cl. The van der Waals surface area contributed by atoms with Gasteiger partial charge in [-0.1, -0.05) is 18.5 Å². The number of hydrogen-bond donors (Lipinski definition) is 1. The van der Waals surface area contributed by atoms with E-state index < -0.39 is 0 Å². The van der Waals surface area contributed by atoms with Crippen molar-refractivity contribution in [3.05, 3.63) is 40.7 Å².